The van der Waals surface area contributed by atoms with Gasteiger partial charge in [0.25, 0.3) is 5.91 Å². The Morgan fingerprint density at radius 3 is 2.58 bits per heavy atom. The predicted octanol–water partition coefficient (Wildman–Crippen LogP) is 4.53. The number of likely N-dealkylation sites (tertiary alicyclic amines) is 1. The van der Waals surface area contributed by atoms with E-state index in [-0.39, 0.29) is 37.0 Å². The minimum atomic E-state index is -1.00. The summed E-state index contributed by atoms with van der Waals surface area (Å²) in [6, 6.07) is 5.69. The Balaban J connectivity index is 1.71. The molecule has 11 heteroatoms. The van der Waals surface area contributed by atoms with E-state index in [9.17, 15) is 19.5 Å². The predicted molar refractivity (Wildman–Crippen MR) is 161 cm³/mol. The van der Waals surface area contributed by atoms with Crippen LogP contribution >= 0.6 is 0 Å². The molecule has 2 aliphatic rings. The molecule has 1 fully saturated rings. The summed E-state index contributed by atoms with van der Waals surface area (Å²) in [6.07, 6.45) is 4.91. The van der Waals surface area contributed by atoms with Crippen molar-refractivity contribution in [1.29, 1.82) is 0 Å². The molecule has 2 atom stereocenters. The average molecular weight is 598 g/mol. The van der Waals surface area contributed by atoms with Crippen LogP contribution in [0.25, 0.3) is 5.69 Å². The molecule has 236 valence electrons. The summed E-state index contributed by atoms with van der Waals surface area (Å²) in [5, 5.41) is 19.0. The molecule has 43 heavy (non-hydrogen) atoms. The summed E-state index contributed by atoms with van der Waals surface area (Å²) in [7, 11) is 1.67. The Bertz CT molecular complexity index is 1300. The average Bonchev–Trinajstić information content (AvgIpc) is 3.59. The lowest BCUT2D eigenvalue weighted by Crippen LogP contribution is -2.56. The van der Waals surface area contributed by atoms with Crippen LogP contribution in [0.3, 0.4) is 0 Å². The van der Waals surface area contributed by atoms with Crippen LogP contribution in [0.4, 0.5) is 4.79 Å². The molecule has 1 aromatic heterocycles. The third-order valence-electron chi connectivity index (χ3n) is 8.02. The zero-order chi connectivity index (χ0) is 31.3. The number of rotatable bonds is 11. The Kier molecular flexibility index (Phi) is 10.5. The fourth-order valence-electron chi connectivity index (χ4n) is 6.10. The van der Waals surface area contributed by atoms with E-state index >= 15 is 0 Å². The smallest absolute Gasteiger partial charge is 0.410 e. The minimum Gasteiger partial charge on any atom is -0.481 e. The standard InChI is InChI=1S/C32H47N5O6/c1-21(2)18-36(24-17-23(30(39)40)19-35(20-24)31(41)43-32(3,4)5)29(38)28-27(14-7-8-16-42-6)37(34-33-28)26-15-10-12-22-11-9-13-25(22)26/h10,12,15,21,23-24H,7-9,11,13-14,16-20H2,1-6H3,(H,39,40)/t23-,24+/m1/s1. The number of carboxylic acids is 1. The second-order valence-corrected chi connectivity index (χ2v) is 13.2. The normalized spacial score (nSPS) is 18.5. The van der Waals surface area contributed by atoms with E-state index in [2.05, 4.69) is 16.4 Å². The van der Waals surface area contributed by atoms with Crippen LogP contribution in [0.2, 0.25) is 0 Å². The van der Waals surface area contributed by atoms with Gasteiger partial charge in [0.15, 0.2) is 5.69 Å². The molecule has 11 nitrogen and oxygen atoms in total. The number of ether oxygens (including phenoxy) is 2. The summed E-state index contributed by atoms with van der Waals surface area (Å²) in [6.45, 7) is 10.6. The van der Waals surface area contributed by atoms with Crippen LogP contribution in [0.5, 0.6) is 0 Å². The molecule has 2 amide bonds. The Morgan fingerprint density at radius 2 is 1.91 bits per heavy atom. The van der Waals surface area contributed by atoms with Crippen molar-refractivity contribution in [1.82, 2.24) is 24.8 Å². The van der Waals surface area contributed by atoms with Crippen molar-refractivity contribution in [3.63, 3.8) is 0 Å². The van der Waals surface area contributed by atoms with Crippen LogP contribution in [-0.4, -0.2) is 92.9 Å². The molecule has 1 N–H and O–H groups in total. The van der Waals surface area contributed by atoms with Gasteiger partial charge in [0.2, 0.25) is 0 Å². The van der Waals surface area contributed by atoms with Crippen LogP contribution in [0, 0.1) is 11.8 Å². The van der Waals surface area contributed by atoms with Gasteiger partial charge in [0.05, 0.1) is 23.3 Å². The van der Waals surface area contributed by atoms with Gasteiger partial charge in [-0.2, -0.15) is 0 Å². The van der Waals surface area contributed by atoms with E-state index in [1.54, 1.807) is 32.8 Å². The number of fused-ring (bicyclic) bond motifs is 1. The number of carbonyl (C=O) groups excluding carboxylic acids is 2. The van der Waals surface area contributed by atoms with Crippen molar-refractivity contribution < 1.29 is 29.0 Å². The van der Waals surface area contributed by atoms with E-state index in [0.29, 0.717) is 19.6 Å². The number of aliphatic carboxylic acids is 1. The first-order chi connectivity index (χ1) is 20.4. The van der Waals surface area contributed by atoms with Gasteiger partial charge in [0, 0.05) is 33.4 Å². The number of carbonyl (C=O) groups is 3. The van der Waals surface area contributed by atoms with Gasteiger partial charge in [-0.3, -0.25) is 9.59 Å². The van der Waals surface area contributed by atoms with E-state index in [1.165, 1.54) is 16.0 Å². The summed E-state index contributed by atoms with van der Waals surface area (Å²) in [5.41, 5.74) is 3.78. The highest BCUT2D eigenvalue weighted by Crippen LogP contribution is 2.30. The Morgan fingerprint density at radius 1 is 1.14 bits per heavy atom. The van der Waals surface area contributed by atoms with Gasteiger partial charge in [-0.25, -0.2) is 9.48 Å². The first kappa shape index (κ1) is 32.4. The lowest BCUT2D eigenvalue weighted by atomic mass is 9.92. The van der Waals surface area contributed by atoms with Crippen molar-refractivity contribution in [2.75, 3.05) is 33.4 Å². The molecule has 0 saturated carbocycles. The summed E-state index contributed by atoms with van der Waals surface area (Å²) < 4.78 is 12.7. The first-order valence-electron chi connectivity index (χ1n) is 15.5. The van der Waals surface area contributed by atoms with Crippen LogP contribution in [0.15, 0.2) is 18.2 Å². The van der Waals surface area contributed by atoms with E-state index in [4.69, 9.17) is 9.47 Å². The fraction of sp³-hybridized carbons (Fsp3) is 0.656. The van der Waals surface area contributed by atoms with Crippen molar-refractivity contribution in [3.05, 3.63) is 40.7 Å². The molecule has 2 heterocycles. The number of piperidine rings is 1. The molecule has 2 aromatic rings. The number of amides is 2. The van der Waals surface area contributed by atoms with Crippen LogP contribution in [-0.2, 0) is 33.5 Å². The zero-order valence-corrected chi connectivity index (χ0v) is 26.5. The fourth-order valence-corrected chi connectivity index (χ4v) is 6.10. The number of carboxylic acid groups (broad SMARTS) is 1. The maximum atomic E-state index is 14.5. The van der Waals surface area contributed by atoms with Crippen molar-refractivity contribution in [3.8, 4) is 5.69 Å². The molecule has 1 aliphatic carbocycles. The SMILES string of the molecule is COCCCCc1c(C(=O)N(CC(C)C)[C@H]2C[C@@H](C(=O)O)CN(C(=O)OC(C)(C)C)C2)nnn1-c1cccc2c1CCC2. The molecule has 0 spiro atoms. The highest BCUT2D eigenvalue weighted by Gasteiger charge is 2.41. The van der Waals surface area contributed by atoms with Crippen LogP contribution < -0.4 is 0 Å². The topological polar surface area (TPSA) is 127 Å². The van der Waals surface area contributed by atoms with Gasteiger partial charge < -0.3 is 24.4 Å². The Hall–Kier alpha value is -3.47. The second kappa shape index (κ2) is 13.9. The van der Waals surface area contributed by atoms with Gasteiger partial charge in [-0.05, 0) is 88.8 Å². The van der Waals surface area contributed by atoms with Gasteiger partial charge in [0.1, 0.15) is 5.60 Å². The minimum absolute atomic E-state index is 0.0322. The number of aryl methyl sites for hydroxylation is 1. The number of nitrogens with zero attached hydrogens (tertiary/aromatic N) is 5. The molecule has 0 unspecified atom stereocenters. The number of hydrogen-bond acceptors (Lipinski definition) is 7. The summed E-state index contributed by atoms with van der Waals surface area (Å²) in [4.78, 5) is 42.8. The van der Waals surface area contributed by atoms with Crippen LogP contribution in [0.1, 0.15) is 87.6 Å². The van der Waals surface area contributed by atoms with E-state index < -0.39 is 29.6 Å². The first-order valence-corrected chi connectivity index (χ1v) is 15.5. The third-order valence-corrected chi connectivity index (χ3v) is 8.02. The number of unbranched alkanes of at least 4 members (excludes halogenated alkanes) is 1. The molecular formula is C32H47N5O6. The largest absolute Gasteiger partial charge is 0.481 e. The monoisotopic (exact) mass is 597 g/mol. The lowest BCUT2D eigenvalue weighted by Gasteiger charge is -2.42. The highest BCUT2D eigenvalue weighted by molar-refractivity contribution is 5.94. The van der Waals surface area contributed by atoms with Gasteiger partial charge in [-0.1, -0.05) is 31.2 Å². The molecular weight excluding hydrogens is 550 g/mol. The van der Waals surface area contributed by atoms with Gasteiger partial charge >= 0.3 is 12.1 Å². The quantitative estimate of drug-likeness (QED) is 0.374. The second-order valence-electron chi connectivity index (χ2n) is 13.2. The van der Waals surface area contributed by atoms with Crippen molar-refractivity contribution >= 4 is 18.0 Å². The molecule has 0 radical (unpaired) electrons. The number of benzene rings is 1. The number of hydrogen-bond donors (Lipinski definition) is 1. The molecule has 1 saturated heterocycles. The maximum absolute atomic E-state index is 14.5. The maximum Gasteiger partial charge on any atom is 0.410 e. The number of aromatic nitrogens is 3. The van der Waals surface area contributed by atoms with Crippen molar-refractivity contribution in [2.24, 2.45) is 11.8 Å². The van der Waals surface area contributed by atoms with E-state index in [1.807, 2.05) is 30.7 Å². The lowest BCUT2D eigenvalue weighted by molar-refractivity contribution is -0.144. The number of methoxy groups -OCH3 is 1. The summed E-state index contributed by atoms with van der Waals surface area (Å²) >= 11 is 0. The van der Waals surface area contributed by atoms with E-state index in [0.717, 1.165) is 43.5 Å². The zero-order valence-electron chi connectivity index (χ0n) is 26.5. The summed E-state index contributed by atoms with van der Waals surface area (Å²) in [5.74, 6) is -2.03. The van der Waals surface area contributed by atoms with Gasteiger partial charge in [-0.15, -0.1) is 5.10 Å². The van der Waals surface area contributed by atoms with Crippen molar-refractivity contribution in [2.45, 2.75) is 91.2 Å². The molecule has 1 aromatic carbocycles. The molecule has 1 aliphatic heterocycles. The highest BCUT2D eigenvalue weighted by atomic mass is 16.6. The molecule has 4 rings (SSSR count). The molecule has 0 bridgehead atoms. The third kappa shape index (κ3) is 7.93. The Labute approximate surface area is 254 Å².